The van der Waals surface area contributed by atoms with Gasteiger partial charge in [0.1, 0.15) is 5.82 Å². The topological polar surface area (TPSA) is 84.5 Å². The summed E-state index contributed by atoms with van der Waals surface area (Å²) in [6.07, 6.45) is 3.20. The quantitative estimate of drug-likeness (QED) is 0.577. The molecule has 6 nitrogen and oxygen atoms in total. The number of nitrogens with one attached hydrogen (secondary N) is 2. The van der Waals surface area contributed by atoms with Crippen molar-refractivity contribution < 1.29 is 22.3 Å². The number of rotatable bonds is 10. The summed E-state index contributed by atoms with van der Waals surface area (Å²) in [4.78, 5) is 12.1. The van der Waals surface area contributed by atoms with Crippen molar-refractivity contribution in [2.75, 3.05) is 24.5 Å². The number of carbonyl (C=O) groups excluding carboxylic acids is 1. The first kappa shape index (κ1) is 21.3. The van der Waals surface area contributed by atoms with E-state index in [2.05, 4.69) is 10.0 Å². The molecule has 0 spiro atoms. The Morgan fingerprint density at radius 2 is 2.00 bits per heavy atom. The summed E-state index contributed by atoms with van der Waals surface area (Å²) in [5, 5.41) is 2.79. The van der Waals surface area contributed by atoms with E-state index in [4.69, 9.17) is 4.74 Å². The van der Waals surface area contributed by atoms with Gasteiger partial charge in [-0.15, -0.1) is 0 Å². The minimum atomic E-state index is -3.96. The smallest absolute Gasteiger partial charge is 0.261 e. The van der Waals surface area contributed by atoms with Gasteiger partial charge >= 0.3 is 0 Å². The minimum absolute atomic E-state index is 0.179. The molecular weight excluding hydrogens is 395 g/mol. The lowest BCUT2D eigenvalue weighted by Crippen LogP contribution is -2.25. The number of hydrogen-bond acceptors (Lipinski definition) is 4. The van der Waals surface area contributed by atoms with E-state index in [1.165, 1.54) is 37.1 Å². The Bertz CT molecular complexity index is 974. The molecule has 2 aromatic rings. The van der Waals surface area contributed by atoms with Crippen LogP contribution >= 0.6 is 0 Å². The van der Waals surface area contributed by atoms with Gasteiger partial charge in [0.05, 0.1) is 4.90 Å². The Labute approximate surface area is 170 Å². The minimum Gasteiger partial charge on any atom is -0.381 e. The van der Waals surface area contributed by atoms with Crippen molar-refractivity contribution in [2.24, 2.45) is 5.92 Å². The summed E-state index contributed by atoms with van der Waals surface area (Å²) >= 11 is 0. The van der Waals surface area contributed by atoms with E-state index in [1.54, 1.807) is 19.1 Å². The summed E-state index contributed by atoms with van der Waals surface area (Å²) in [7, 11) is -3.96. The Morgan fingerprint density at radius 3 is 2.72 bits per heavy atom. The number of anilines is 1. The number of sulfonamides is 1. The van der Waals surface area contributed by atoms with Crippen LogP contribution in [0.2, 0.25) is 0 Å². The van der Waals surface area contributed by atoms with Crippen LogP contribution in [0.25, 0.3) is 0 Å². The van der Waals surface area contributed by atoms with Gasteiger partial charge < -0.3 is 10.1 Å². The largest absolute Gasteiger partial charge is 0.381 e. The number of hydrogen-bond donors (Lipinski definition) is 2. The fraction of sp³-hybridized carbons (Fsp3) is 0.381. The summed E-state index contributed by atoms with van der Waals surface area (Å²) in [6, 6.07) is 9.87. The Hall–Kier alpha value is -2.45. The number of benzene rings is 2. The lowest BCUT2D eigenvalue weighted by atomic mass is 10.2. The van der Waals surface area contributed by atoms with Crippen LogP contribution in [-0.4, -0.2) is 34.1 Å². The van der Waals surface area contributed by atoms with Crippen LogP contribution in [0.4, 0.5) is 10.1 Å². The first-order valence-electron chi connectivity index (χ1n) is 9.60. The number of amides is 1. The fourth-order valence-corrected chi connectivity index (χ4v) is 3.75. The lowest BCUT2D eigenvalue weighted by molar-refractivity contribution is 0.0937. The van der Waals surface area contributed by atoms with Crippen LogP contribution in [-0.2, 0) is 14.8 Å². The molecular formula is C21H25FN2O4S. The van der Waals surface area contributed by atoms with Crippen molar-refractivity contribution in [1.82, 2.24) is 5.32 Å². The summed E-state index contributed by atoms with van der Waals surface area (Å²) in [5.74, 6) is -0.177. The van der Waals surface area contributed by atoms with Crippen LogP contribution in [0.15, 0.2) is 47.4 Å². The SMILES string of the molecule is Cc1ccc(S(=O)(=O)Nc2cccc(C(=O)NCCCOCC3CC3)c2)cc1F. The van der Waals surface area contributed by atoms with Crippen LogP contribution in [0.1, 0.15) is 35.2 Å². The summed E-state index contributed by atoms with van der Waals surface area (Å²) < 4.78 is 46.6. The number of ether oxygens (including phenoxy) is 1. The molecule has 0 heterocycles. The van der Waals surface area contributed by atoms with Crippen molar-refractivity contribution in [3.05, 3.63) is 59.4 Å². The third-order valence-electron chi connectivity index (χ3n) is 4.63. The second kappa shape index (κ2) is 9.37. The Kier molecular flexibility index (Phi) is 6.87. The van der Waals surface area contributed by atoms with E-state index in [-0.39, 0.29) is 16.5 Å². The molecule has 156 valence electrons. The molecule has 0 saturated heterocycles. The van der Waals surface area contributed by atoms with Gasteiger partial charge in [-0.25, -0.2) is 12.8 Å². The van der Waals surface area contributed by atoms with Gasteiger partial charge in [0, 0.05) is 31.0 Å². The highest BCUT2D eigenvalue weighted by Gasteiger charge is 2.21. The predicted molar refractivity (Wildman–Crippen MR) is 109 cm³/mol. The van der Waals surface area contributed by atoms with E-state index < -0.39 is 15.8 Å². The van der Waals surface area contributed by atoms with E-state index in [9.17, 15) is 17.6 Å². The zero-order chi connectivity index (χ0) is 20.9. The van der Waals surface area contributed by atoms with Crippen molar-refractivity contribution in [1.29, 1.82) is 0 Å². The average molecular weight is 421 g/mol. The van der Waals surface area contributed by atoms with E-state index in [1.807, 2.05) is 0 Å². The van der Waals surface area contributed by atoms with Crippen LogP contribution in [0, 0.1) is 18.7 Å². The van der Waals surface area contributed by atoms with Gasteiger partial charge in [0.15, 0.2) is 0 Å². The molecule has 29 heavy (non-hydrogen) atoms. The molecule has 0 atom stereocenters. The van der Waals surface area contributed by atoms with E-state index in [0.29, 0.717) is 36.6 Å². The summed E-state index contributed by atoms with van der Waals surface area (Å²) in [5.41, 5.74) is 0.922. The van der Waals surface area contributed by atoms with Crippen LogP contribution in [0.5, 0.6) is 0 Å². The number of halogens is 1. The van der Waals surface area contributed by atoms with Gasteiger partial charge in [-0.1, -0.05) is 12.1 Å². The molecule has 0 unspecified atom stereocenters. The molecule has 1 fully saturated rings. The van der Waals surface area contributed by atoms with Gasteiger partial charge in [-0.2, -0.15) is 0 Å². The average Bonchev–Trinajstić information content (AvgIpc) is 3.50. The first-order chi connectivity index (χ1) is 13.8. The maximum atomic E-state index is 13.7. The van der Waals surface area contributed by atoms with Gasteiger partial charge in [-0.3, -0.25) is 9.52 Å². The molecule has 1 aliphatic carbocycles. The highest BCUT2D eigenvalue weighted by Crippen LogP contribution is 2.28. The highest BCUT2D eigenvalue weighted by molar-refractivity contribution is 7.92. The van der Waals surface area contributed by atoms with Crippen molar-refractivity contribution >= 4 is 21.6 Å². The predicted octanol–water partition coefficient (Wildman–Crippen LogP) is 3.48. The molecule has 1 aliphatic rings. The second-order valence-electron chi connectivity index (χ2n) is 7.23. The molecule has 0 aliphatic heterocycles. The fourth-order valence-electron chi connectivity index (χ4n) is 2.69. The molecule has 0 aromatic heterocycles. The van der Waals surface area contributed by atoms with Crippen molar-refractivity contribution in [2.45, 2.75) is 31.1 Å². The lowest BCUT2D eigenvalue weighted by Gasteiger charge is -2.11. The van der Waals surface area contributed by atoms with E-state index >= 15 is 0 Å². The second-order valence-corrected chi connectivity index (χ2v) is 8.91. The van der Waals surface area contributed by atoms with Gasteiger partial charge in [-0.05, 0) is 68.0 Å². The van der Waals surface area contributed by atoms with Crippen LogP contribution < -0.4 is 10.0 Å². The molecule has 2 aromatic carbocycles. The monoisotopic (exact) mass is 420 g/mol. The number of carbonyl (C=O) groups is 1. The van der Waals surface area contributed by atoms with E-state index in [0.717, 1.165) is 12.7 Å². The third kappa shape index (κ3) is 6.27. The number of aryl methyl sites for hydroxylation is 1. The highest BCUT2D eigenvalue weighted by atomic mass is 32.2. The molecule has 2 N–H and O–H groups in total. The summed E-state index contributed by atoms with van der Waals surface area (Å²) in [6.45, 7) is 3.42. The molecule has 1 saturated carbocycles. The van der Waals surface area contributed by atoms with Crippen molar-refractivity contribution in [3.8, 4) is 0 Å². The molecule has 0 radical (unpaired) electrons. The third-order valence-corrected chi connectivity index (χ3v) is 6.01. The Balaban J connectivity index is 1.55. The zero-order valence-electron chi connectivity index (χ0n) is 16.3. The molecule has 1 amide bonds. The van der Waals surface area contributed by atoms with Gasteiger partial charge in [0.2, 0.25) is 0 Å². The van der Waals surface area contributed by atoms with Crippen molar-refractivity contribution in [3.63, 3.8) is 0 Å². The maximum absolute atomic E-state index is 13.7. The molecule has 8 heteroatoms. The first-order valence-corrected chi connectivity index (χ1v) is 11.1. The standard InChI is InChI=1S/C21H25FN2O4S/c1-15-6-9-19(13-20(15)22)29(26,27)24-18-5-2-4-17(12-18)21(25)23-10-3-11-28-14-16-7-8-16/h2,4-6,9,12-13,16,24H,3,7-8,10-11,14H2,1H3,(H,23,25). The zero-order valence-corrected chi connectivity index (χ0v) is 17.1. The normalized spacial score (nSPS) is 13.9. The van der Waals surface area contributed by atoms with Gasteiger partial charge in [0.25, 0.3) is 15.9 Å². The van der Waals surface area contributed by atoms with Crippen LogP contribution in [0.3, 0.4) is 0 Å². The Morgan fingerprint density at radius 1 is 1.21 bits per heavy atom. The molecule has 0 bridgehead atoms. The molecule has 3 rings (SSSR count). The maximum Gasteiger partial charge on any atom is 0.261 e.